The SMILES string of the molecule is CCN(CCCl)c1ccc(NC(=O)c2ccc3[nH]c(-c4cc([N+](=O)[O-])cn4C)nc3c2)cc1. The van der Waals surface area contributed by atoms with Gasteiger partial charge in [-0.15, -0.1) is 11.6 Å². The molecular weight excluding hydrogens is 444 g/mol. The highest BCUT2D eigenvalue weighted by Crippen LogP contribution is 2.26. The highest BCUT2D eigenvalue weighted by atomic mass is 35.5. The van der Waals surface area contributed by atoms with E-state index in [1.54, 1.807) is 29.8 Å². The minimum absolute atomic E-state index is 0.0104. The Balaban J connectivity index is 1.53. The van der Waals surface area contributed by atoms with Crippen LogP contribution in [-0.4, -0.2) is 44.3 Å². The fourth-order valence-electron chi connectivity index (χ4n) is 3.68. The van der Waals surface area contributed by atoms with E-state index in [0.29, 0.717) is 34.2 Å². The van der Waals surface area contributed by atoms with E-state index in [1.165, 1.54) is 12.3 Å². The van der Waals surface area contributed by atoms with Crippen LogP contribution < -0.4 is 10.2 Å². The van der Waals surface area contributed by atoms with Crippen molar-refractivity contribution in [2.45, 2.75) is 6.92 Å². The van der Waals surface area contributed by atoms with Crippen LogP contribution in [0.3, 0.4) is 0 Å². The number of nitrogens with one attached hydrogen (secondary N) is 2. The molecule has 0 saturated carbocycles. The molecule has 170 valence electrons. The maximum atomic E-state index is 12.8. The number of benzene rings is 2. The highest BCUT2D eigenvalue weighted by molar-refractivity contribution is 6.18. The molecule has 9 nitrogen and oxygen atoms in total. The van der Waals surface area contributed by atoms with Crippen molar-refractivity contribution >= 4 is 45.6 Å². The van der Waals surface area contributed by atoms with Crippen molar-refractivity contribution in [2.75, 3.05) is 29.2 Å². The van der Waals surface area contributed by atoms with Crippen LogP contribution in [-0.2, 0) is 7.05 Å². The first-order chi connectivity index (χ1) is 15.9. The lowest BCUT2D eigenvalue weighted by Gasteiger charge is -2.22. The van der Waals surface area contributed by atoms with Crippen LogP contribution in [0.15, 0.2) is 54.7 Å². The summed E-state index contributed by atoms with van der Waals surface area (Å²) in [6.07, 6.45) is 1.43. The van der Waals surface area contributed by atoms with Gasteiger partial charge in [0.1, 0.15) is 0 Å². The minimum atomic E-state index is -0.446. The molecule has 0 saturated heterocycles. The van der Waals surface area contributed by atoms with Crippen molar-refractivity contribution in [1.29, 1.82) is 0 Å². The van der Waals surface area contributed by atoms with E-state index in [9.17, 15) is 14.9 Å². The fraction of sp³-hybridized carbons (Fsp3) is 0.217. The van der Waals surface area contributed by atoms with Crippen molar-refractivity contribution in [2.24, 2.45) is 7.05 Å². The Morgan fingerprint density at radius 2 is 2.00 bits per heavy atom. The number of imidazole rings is 1. The third-order valence-electron chi connectivity index (χ3n) is 5.42. The Morgan fingerprint density at radius 3 is 2.64 bits per heavy atom. The number of halogens is 1. The van der Waals surface area contributed by atoms with E-state index < -0.39 is 4.92 Å². The van der Waals surface area contributed by atoms with Crippen LogP contribution in [0.2, 0.25) is 0 Å². The molecule has 2 heterocycles. The second-order valence-electron chi connectivity index (χ2n) is 7.54. The molecule has 0 atom stereocenters. The molecule has 10 heteroatoms. The van der Waals surface area contributed by atoms with Crippen LogP contribution >= 0.6 is 11.6 Å². The zero-order valence-corrected chi connectivity index (χ0v) is 19.0. The van der Waals surface area contributed by atoms with Crippen LogP contribution in [0.1, 0.15) is 17.3 Å². The maximum Gasteiger partial charge on any atom is 0.287 e. The third-order valence-corrected chi connectivity index (χ3v) is 5.58. The molecule has 0 bridgehead atoms. The van der Waals surface area contributed by atoms with E-state index in [1.807, 2.05) is 24.3 Å². The summed E-state index contributed by atoms with van der Waals surface area (Å²) >= 11 is 5.86. The van der Waals surface area contributed by atoms with E-state index in [-0.39, 0.29) is 11.6 Å². The van der Waals surface area contributed by atoms with Gasteiger partial charge in [-0.3, -0.25) is 14.9 Å². The lowest BCUT2D eigenvalue weighted by molar-refractivity contribution is -0.384. The smallest absolute Gasteiger partial charge is 0.287 e. The topological polar surface area (TPSA) is 109 Å². The van der Waals surface area contributed by atoms with Crippen LogP contribution in [0.25, 0.3) is 22.6 Å². The number of aromatic amines is 1. The number of carbonyl (C=O) groups is 1. The van der Waals surface area contributed by atoms with Gasteiger partial charge in [0.15, 0.2) is 5.82 Å². The summed E-state index contributed by atoms with van der Waals surface area (Å²) in [4.78, 5) is 33.2. The van der Waals surface area contributed by atoms with Crippen molar-refractivity contribution < 1.29 is 9.72 Å². The Bertz CT molecular complexity index is 1310. The zero-order chi connectivity index (χ0) is 23.5. The van der Waals surface area contributed by atoms with Gasteiger partial charge in [0.25, 0.3) is 11.6 Å². The molecule has 0 aliphatic rings. The Kier molecular flexibility index (Phi) is 6.32. The third kappa shape index (κ3) is 4.68. The average molecular weight is 467 g/mol. The summed E-state index contributed by atoms with van der Waals surface area (Å²) in [6.45, 7) is 3.67. The first-order valence-electron chi connectivity index (χ1n) is 10.4. The Labute approximate surface area is 195 Å². The first-order valence-corrected chi connectivity index (χ1v) is 11.0. The molecule has 1 amide bonds. The standard InChI is InChI=1S/C23H23ClN6O3/c1-3-29(11-10-24)17-7-5-16(6-8-17)25-23(31)15-4-9-19-20(12-15)27-22(26-19)21-13-18(30(32)33)14-28(21)2/h4-9,12-14H,3,10-11H2,1-2H3,(H,25,31)(H,26,27). The number of fused-ring (bicyclic) bond motifs is 1. The number of nitrogens with zero attached hydrogens (tertiary/aromatic N) is 4. The number of alkyl halides is 1. The summed E-state index contributed by atoms with van der Waals surface area (Å²) in [7, 11) is 1.72. The number of aryl methyl sites for hydroxylation is 1. The van der Waals surface area contributed by atoms with E-state index in [0.717, 1.165) is 24.3 Å². The van der Waals surface area contributed by atoms with Gasteiger partial charge < -0.3 is 19.8 Å². The lowest BCUT2D eigenvalue weighted by Crippen LogP contribution is -2.24. The predicted molar refractivity (Wildman–Crippen MR) is 130 cm³/mol. The fourth-order valence-corrected chi connectivity index (χ4v) is 3.89. The zero-order valence-electron chi connectivity index (χ0n) is 18.2. The minimum Gasteiger partial charge on any atom is -0.371 e. The van der Waals surface area contributed by atoms with Crippen LogP contribution in [0, 0.1) is 10.1 Å². The Morgan fingerprint density at radius 1 is 1.24 bits per heavy atom. The van der Waals surface area contributed by atoms with Crippen LogP contribution in [0.4, 0.5) is 17.1 Å². The number of nitro groups is 1. The molecule has 0 unspecified atom stereocenters. The van der Waals surface area contributed by atoms with Crippen molar-refractivity contribution in [3.8, 4) is 11.5 Å². The Hall–Kier alpha value is -3.85. The molecular formula is C23H23ClN6O3. The number of amides is 1. The maximum absolute atomic E-state index is 12.8. The summed E-state index contributed by atoms with van der Waals surface area (Å²) in [5, 5.41) is 13.9. The molecule has 0 fully saturated rings. The van der Waals surface area contributed by atoms with Crippen LogP contribution in [0.5, 0.6) is 0 Å². The van der Waals surface area contributed by atoms with Gasteiger partial charge in [-0.25, -0.2) is 4.98 Å². The monoisotopic (exact) mass is 466 g/mol. The van der Waals surface area contributed by atoms with E-state index in [2.05, 4.69) is 27.1 Å². The summed E-state index contributed by atoms with van der Waals surface area (Å²) in [6, 6.07) is 14.3. The molecule has 2 N–H and O–H groups in total. The van der Waals surface area contributed by atoms with Gasteiger partial charge in [-0.2, -0.15) is 0 Å². The normalized spacial score (nSPS) is 11.0. The van der Waals surface area contributed by atoms with Gasteiger partial charge in [-0.1, -0.05) is 0 Å². The first kappa shape index (κ1) is 22.3. The quantitative estimate of drug-likeness (QED) is 0.220. The lowest BCUT2D eigenvalue weighted by atomic mass is 10.2. The molecule has 0 aliphatic heterocycles. The average Bonchev–Trinajstić information content (AvgIpc) is 3.40. The summed E-state index contributed by atoms with van der Waals surface area (Å²) in [5.74, 6) is 0.785. The van der Waals surface area contributed by atoms with Crippen molar-refractivity contribution in [3.05, 3.63) is 70.4 Å². The van der Waals surface area contributed by atoms with Crippen molar-refractivity contribution in [3.63, 3.8) is 0 Å². The van der Waals surface area contributed by atoms with Gasteiger partial charge in [-0.05, 0) is 49.4 Å². The second-order valence-corrected chi connectivity index (χ2v) is 7.92. The van der Waals surface area contributed by atoms with E-state index >= 15 is 0 Å². The number of hydrogen-bond acceptors (Lipinski definition) is 5. The molecule has 0 aliphatic carbocycles. The molecule has 0 radical (unpaired) electrons. The summed E-state index contributed by atoms with van der Waals surface area (Å²) in [5.41, 5.74) is 4.08. The number of carbonyl (C=O) groups excluding carboxylic acids is 1. The molecule has 0 spiro atoms. The number of anilines is 2. The molecule has 2 aromatic heterocycles. The number of hydrogen-bond donors (Lipinski definition) is 2. The number of H-pyrrole nitrogens is 1. The van der Waals surface area contributed by atoms with E-state index in [4.69, 9.17) is 11.6 Å². The predicted octanol–water partition coefficient (Wildman–Crippen LogP) is 4.79. The molecule has 33 heavy (non-hydrogen) atoms. The molecule has 2 aromatic carbocycles. The molecule has 4 aromatic rings. The van der Waals surface area contributed by atoms with Gasteiger partial charge in [0.2, 0.25) is 0 Å². The van der Waals surface area contributed by atoms with Gasteiger partial charge in [0.05, 0.1) is 27.8 Å². The molecule has 4 rings (SSSR count). The number of aromatic nitrogens is 3. The van der Waals surface area contributed by atoms with Crippen molar-refractivity contribution in [1.82, 2.24) is 14.5 Å². The second kappa shape index (κ2) is 9.33. The van der Waals surface area contributed by atoms with Gasteiger partial charge in [0, 0.05) is 49.0 Å². The van der Waals surface area contributed by atoms with Gasteiger partial charge >= 0.3 is 0 Å². The summed E-state index contributed by atoms with van der Waals surface area (Å²) < 4.78 is 1.64. The number of rotatable bonds is 8. The highest BCUT2D eigenvalue weighted by Gasteiger charge is 2.17. The largest absolute Gasteiger partial charge is 0.371 e.